The van der Waals surface area contributed by atoms with E-state index in [4.69, 9.17) is 4.74 Å². The molecule has 11 heteroatoms. The molecule has 180 valence electrons. The molecule has 0 atom stereocenters. The van der Waals surface area contributed by atoms with Crippen LogP contribution in [-0.2, 0) is 6.54 Å². The third kappa shape index (κ3) is 3.92. The van der Waals surface area contributed by atoms with Crippen LogP contribution < -0.4 is 10.5 Å². The Morgan fingerprint density at radius 2 is 1.81 bits per heavy atom. The highest BCUT2D eigenvalue weighted by Crippen LogP contribution is 2.32. The van der Waals surface area contributed by atoms with Gasteiger partial charge in [-0.15, -0.1) is 9.58 Å². The largest absolute Gasteiger partial charge is 0.478 e. The van der Waals surface area contributed by atoms with Gasteiger partial charge in [-0.25, -0.2) is 9.59 Å². The maximum absolute atomic E-state index is 11.8. The number of carboxylic acids is 1. The number of benzene rings is 3. The lowest BCUT2D eigenvalue weighted by molar-refractivity contribution is 0.0698. The summed E-state index contributed by atoms with van der Waals surface area (Å²) in [5, 5.41) is 16.1. The van der Waals surface area contributed by atoms with E-state index >= 15 is 0 Å². The zero-order valence-electron chi connectivity index (χ0n) is 19.0. The normalized spacial score (nSPS) is 11.0. The van der Waals surface area contributed by atoms with Gasteiger partial charge in [-0.3, -0.25) is 9.09 Å². The number of nitrogens with zero attached hydrogens (tertiary/aromatic N) is 5. The number of nitroso groups, excluding NO2 is 1. The van der Waals surface area contributed by atoms with E-state index in [1.807, 2.05) is 43.3 Å². The van der Waals surface area contributed by atoms with Gasteiger partial charge in [-0.05, 0) is 35.7 Å². The van der Waals surface area contributed by atoms with Crippen molar-refractivity contribution in [3.8, 4) is 28.5 Å². The minimum atomic E-state index is -1.05. The van der Waals surface area contributed by atoms with E-state index in [0.717, 1.165) is 11.1 Å². The summed E-state index contributed by atoms with van der Waals surface area (Å²) in [7, 11) is 0. The highest BCUT2D eigenvalue weighted by Gasteiger charge is 2.20. The molecule has 0 fully saturated rings. The summed E-state index contributed by atoms with van der Waals surface area (Å²) in [5.74, 6) is -2.02. The number of carbonyl (C=O) groups is 1. The highest BCUT2D eigenvalue weighted by atomic mass is 16.5. The summed E-state index contributed by atoms with van der Waals surface area (Å²) in [6, 6.07) is 19.9. The quantitative estimate of drug-likeness (QED) is 0.322. The first-order valence-corrected chi connectivity index (χ1v) is 11.0. The molecule has 0 aliphatic carbocycles. The van der Waals surface area contributed by atoms with Crippen molar-refractivity contribution < 1.29 is 19.2 Å². The Balaban J connectivity index is 1.54. The van der Waals surface area contributed by atoms with E-state index in [0.29, 0.717) is 46.0 Å². The molecule has 2 aromatic heterocycles. The van der Waals surface area contributed by atoms with Gasteiger partial charge in [0.1, 0.15) is 0 Å². The van der Waals surface area contributed by atoms with Gasteiger partial charge >= 0.3 is 11.7 Å². The number of fused-ring (bicyclic) bond motifs is 1. The second kappa shape index (κ2) is 9.29. The molecule has 5 aromatic rings. The first kappa shape index (κ1) is 22.7. The van der Waals surface area contributed by atoms with Crippen molar-refractivity contribution in [2.45, 2.75) is 13.5 Å². The van der Waals surface area contributed by atoms with E-state index in [1.54, 1.807) is 28.8 Å². The molecular weight excluding hydrogens is 466 g/mol. The second-order valence-corrected chi connectivity index (χ2v) is 7.80. The van der Waals surface area contributed by atoms with E-state index in [9.17, 15) is 19.6 Å². The fourth-order valence-corrected chi connectivity index (χ4v) is 4.11. The summed E-state index contributed by atoms with van der Waals surface area (Å²) in [6.45, 7) is 2.54. The van der Waals surface area contributed by atoms with Crippen molar-refractivity contribution >= 4 is 17.0 Å². The molecule has 0 amide bonds. The van der Waals surface area contributed by atoms with Crippen LogP contribution in [0.4, 0.5) is 0 Å². The van der Waals surface area contributed by atoms with Gasteiger partial charge in [-0.2, -0.15) is 4.98 Å². The van der Waals surface area contributed by atoms with Crippen molar-refractivity contribution in [3.05, 3.63) is 93.3 Å². The van der Waals surface area contributed by atoms with E-state index < -0.39 is 11.7 Å². The summed E-state index contributed by atoms with van der Waals surface area (Å²) in [4.78, 5) is 39.1. The third-order valence-corrected chi connectivity index (χ3v) is 5.67. The number of hydrogen-bond acceptors (Lipinski definition) is 8. The fraction of sp³-hybridized carbons (Fsp3) is 0.120. The number of hydrogen-bond donors (Lipinski definition) is 1. The molecule has 0 radical (unpaired) electrons. The first-order valence-electron chi connectivity index (χ1n) is 11.0. The maximum atomic E-state index is 11.8. The lowest BCUT2D eigenvalue weighted by atomic mass is 9.98. The van der Waals surface area contributed by atoms with Crippen molar-refractivity contribution in [1.82, 2.24) is 19.4 Å². The number of aromatic nitrogens is 4. The Bertz CT molecular complexity index is 1650. The average Bonchev–Trinajstić information content (AvgIpc) is 3.44. The molecule has 0 saturated carbocycles. The summed E-state index contributed by atoms with van der Waals surface area (Å²) >= 11 is 0. The molecule has 0 saturated heterocycles. The Morgan fingerprint density at radius 3 is 2.50 bits per heavy atom. The minimum absolute atomic E-state index is 0.00196. The molecule has 3 aromatic carbocycles. The van der Waals surface area contributed by atoms with Crippen LogP contribution >= 0.6 is 0 Å². The minimum Gasteiger partial charge on any atom is -0.478 e. The standard InChI is InChI=1S/C25H19N5O6/c1-2-35-24-26-20-9-5-8-19(23(31)32)21(20)29(24)14-15-10-12-16(13-11-15)17-6-3-4-7-18(17)22-27-36-25(33)30(22)28-34/h3-13H,2,14H2,1H3,(H,31,32). The first-order chi connectivity index (χ1) is 17.5. The van der Waals surface area contributed by atoms with Crippen LogP contribution in [0, 0.1) is 4.91 Å². The number of carboxylic acid groups (broad SMARTS) is 1. The fourth-order valence-electron chi connectivity index (χ4n) is 4.11. The molecule has 1 N–H and O–H groups in total. The van der Waals surface area contributed by atoms with Gasteiger partial charge < -0.3 is 9.84 Å². The van der Waals surface area contributed by atoms with Crippen LogP contribution in [0.15, 0.2) is 81.3 Å². The molecule has 0 spiro atoms. The van der Waals surface area contributed by atoms with Crippen molar-refractivity contribution in [2.24, 2.45) is 5.29 Å². The van der Waals surface area contributed by atoms with Gasteiger partial charge in [0.25, 0.3) is 6.01 Å². The Labute approximate surface area is 203 Å². The second-order valence-electron chi connectivity index (χ2n) is 7.80. The molecule has 0 aliphatic heterocycles. The zero-order chi connectivity index (χ0) is 25.2. The van der Waals surface area contributed by atoms with E-state index in [2.05, 4.69) is 19.9 Å². The summed E-state index contributed by atoms with van der Waals surface area (Å²) in [5.41, 5.74) is 4.05. The monoisotopic (exact) mass is 485 g/mol. The zero-order valence-corrected chi connectivity index (χ0v) is 19.0. The molecule has 0 unspecified atom stereocenters. The van der Waals surface area contributed by atoms with Crippen LogP contribution in [0.3, 0.4) is 0 Å². The Morgan fingerprint density at radius 1 is 1.06 bits per heavy atom. The van der Waals surface area contributed by atoms with Crippen LogP contribution in [0.5, 0.6) is 6.01 Å². The van der Waals surface area contributed by atoms with Gasteiger partial charge in [0.15, 0.2) is 0 Å². The summed E-state index contributed by atoms with van der Waals surface area (Å²) in [6.07, 6.45) is 0. The molecule has 5 rings (SSSR count). The van der Waals surface area contributed by atoms with Crippen molar-refractivity contribution in [1.29, 1.82) is 0 Å². The highest BCUT2D eigenvalue weighted by molar-refractivity contribution is 6.01. The third-order valence-electron chi connectivity index (χ3n) is 5.67. The van der Waals surface area contributed by atoms with E-state index in [-0.39, 0.29) is 11.4 Å². The Kier molecular flexibility index (Phi) is 5.87. The van der Waals surface area contributed by atoms with Crippen LogP contribution in [0.2, 0.25) is 0 Å². The van der Waals surface area contributed by atoms with Crippen LogP contribution in [0.25, 0.3) is 33.5 Å². The summed E-state index contributed by atoms with van der Waals surface area (Å²) < 4.78 is 12.6. The number of rotatable bonds is 8. The average molecular weight is 485 g/mol. The van der Waals surface area contributed by atoms with Crippen LogP contribution in [0.1, 0.15) is 22.8 Å². The predicted octanol–water partition coefficient (Wildman–Crippen LogP) is 4.19. The van der Waals surface area contributed by atoms with Crippen molar-refractivity contribution in [2.75, 3.05) is 6.61 Å². The van der Waals surface area contributed by atoms with E-state index in [1.165, 1.54) is 6.07 Å². The van der Waals surface area contributed by atoms with Crippen LogP contribution in [-0.4, -0.2) is 37.1 Å². The van der Waals surface area contributed by atoms with Gasteiger partial charge in [0, 0.05) is 5.56 Å². The molecule has 11 nitrogen and oxygen atoms in total. The molecule has 0 aliphatic rings. The number of imidazole rings is 1. The number of aromatic carboxylic acids is 1. The molecule has 2 heterocycles. The van der Waals surface area contributed by atoms with Gasteiger partial charge in [0.2, 0.25) is 5.82 Å². The number of para-hydroxylation sites is 1. The lowest BCUT2D eigenvalue weighted by Gasteiger charge is -2.12. The predicted molar refractivity (Wildman–Crippen MR) is 130 cm³/mol. The molecule has 0 bridgehead atoms. The maximum Gasteiger partial charge on any atom is 0.465 e. The SMILES string of the molecule is CCOc1nc2cccc(C(=O)O)c2n1Cc1ccc(-c2ccccc2-c2noc(=O)n2N=O)cc1. The molecule has 36 heavy (non-hydrogen) atoms. The van der Waals surface area contributed by atoms with Gasteiger partial charge in [0.05, 0.1) is 35.0 Å². The lowest BCUT2D eigenvalue weighted by Crippen LogP contribution is -2.09. The van der Waals surface area contributed by atoms with Gasteiger partial charge in [-0.1, -0.05) is 59.8 Å². The smallest absolute Gasteiger partial charge is 0.465 e. The molecular formula is C25H19N5O6. The topological polar surface area (TPSA) is 142 Å². The van der Waals surface area contributed by atoms with Crippen molar-refractivity contribution in [3.63, 3.8) is 0 Å². The Hall–Kier alpha value is -5.06. The number of ether oxygens (including phenoxy) is 1.